The second-order valence-corrected chi connectivity index (χ2v) is 6.44. The lowest BCUT2D eigenvalue weighted by Gasteiger charge is -2.17. The van der Waals surface area contributed by atoms with Crippen LogP contribution in [0.15, 0.2) is 40.9 Å². The number of rotatable bonds is 4. The third-order valence-electron chi connectivity index (χ3n) is 3.70. The van der Waals surface area contributed by atoms with Crippen LogP contribution in [0.2, 0.25) is 0 Å². The third-order valence-corrected chi connectivity index (χ3v) is 4.20. The molecule has 0 aliphatic carbocycles. The highest BCUT2D eigenvalue weighted by Crippen LogP contribution is 2.21. The Morgan fingerprint density at radius 2 is 1.88 bits per heavy atom. The Morgan fingerprint density at radius 1 is 1.16 bits per heavy atom. The molecule has 25 heavy (non-hydrogen) atoms. The third kappa shape index (κ3) is 4.79. The first-order chi connectivity index (χ1) is 11.8. The van der Waals surface area contributed by atoms with Crippen LogP contribution in [0.4, 0.5) is 4.39 Å². The molecule has 2 aromatic carbocycles. The van der Waals surface area contributed by atoms with E-state index in [2.05, 4.69) is 26.8 Å². The van der Waals surface area contributed by atoms with Crippen molar-refractivity contribution in [1.29, 1.82) is 0 Å². The fraction of sp³-hybridized carbons (Fsp3) is 0.222. The summed E-state index contributed by atoms with van der Waals surface area (Å²) in [5, 5.41) is 0. The lowest BCUT2D eigenvalue weighted by Crippen LogP contribution is -2.47. The molecular formula is C18H18BrFN2O3. The van der Waals surface area contributed by atoms with E-state index in [1.807, 2.05) is 26.0 Å². The van der Waals surface area contributed by atoms with Crippen molar-refractivity contribution in [2.24, 2.45) is 0 Å². The average molecular weight is 409 g/mol. The fourth-order valence-corrected chi connectivity index (χ4v) is 2.39. The molecule has 132 valence electrons. The number of hydrogen-bond donors (Lipinski definition) is 2. The maximum Gasteiger partial charge on any atom is 0.279 e. The van der Waals surface area contributed by atoms with Crippen molar-refractivity contribution in [2.75, 3.05) is 0 Å². The zero-order chi connectivity index (χ0) is 18.6. The zero-order valence-corrected chi connectivity index (χ0v) is 15.6. The first kappa shape index (κ1) is 18.9. The van der Waals surface area contributed by atoms with E-state index in [9.17, 15) is 14.0 Å². The molecule has 2 amide bonds. The van der Waals surface area contributed by atoms with Crippen molar-refractivity contribution in [3.05, 3.63) is 63.4 Å². The Balaban J connectivity index is 1.95. The Labute approximate surface area is 153 Å². The maximum atomic E-state index is 13.7. The average Bonchev–Trinajstić information content (AvgIpc) is 2.56. The van der Waals surface area contributed by atoms with Gasteiger partial charge in [0.1, 0.15) is 11.6 Å². The molecule has 0 saturated heterocycles. The van der Waals surface area contributed by atoms with Gasteiger partial charge in [0.2, 0.25) is 0 Å². The van der Waals surface area contributed by atoms with Crippen molar-refractivity contribution in [2.45, 2.75) is 26.9 Å². The Hall–Kier alpha value is -2.41. The van der Waals surface area contributed by atoms with Gasteiger partial charge in [-0.05, 0) is 56.2 Å². The lowest BCUT2D eigenvalue weighted by molar-refractivity contribution is -0.128. The quantitative estimate of drug-likeness (QED) is 0.761. The van der Waals surface area contributed by atoms with E-state index in [1.165, 1.54) is 18.2 Å². The summed E-state index contributed by atoms with van der Waals surface area (Å²) in [6, 6.07) is 9.56. The molecule has 0 bridgehead atoms. The van der Waals surface area contributed by atoms with Crippen LogP contribution < -0.4 is 15.6 Å². The van der Waals surface area contributed by atoms with Crippen LogP contribution in [0.1, 0.15) is 28.4 Å². The van der Waals surface area contributed by atoms with Crippen LogP contribution >= 0.6 is 15.9 Å². The van der Waals surface area contributed by atoms with Crippen molar-refractivity contribution in [1.82, 2.24) is 10.9 Å². The molecule has 0 spiro atoms. The Bertz CT molecular complexity index is 811. The molecule has 0 saturated carbocycles. The van der Waals surface area contributed by atoms with Crippen LogP contribution in [-0.4, -0.2) is 17.9 Å². The number of hydrazine groups is 1. The monoisotopic (exact) mass is 408 g/mol. The van der Waals surface area contributed by atoms with E-state index in [4.69, 9.17) is 4.74 Å². The summed E-state index contributed by atoms with van der Waals surface area (Å²) in [5.41, 5.74) is 6.22. The van der Waals surface area contributed by atoms with Gasteiger partial charge >= 0.3 is 0 Å². The minimum Gasteiger partial charge on any atom is -0.481 e. The number of hydrogen-bond acceptors (Lipinski definition) is 3. The molecule has 2 N–H and O–H groups in total. The number of carbonyl (C=O) groups is 2. The summed E-state index contributed by atoms with van der Waals surface area (Å²) in [4.78, 5) is 24.0. The van der Waals surface area contributed by atoms with E-state index < -0.39 is 23.7 Å². The molecular weight excluding hydrogens is 391 g/mol. The van der Waals surface area contributed by atoms with Crippen LogP contribution in [0.5, 0.6) is 5.75 Å². The van der Waals surface area contributed by atoms with Gasteiger partial charge in [-0.2, -0.15) is 0 Å². The number of ether oxygens (including phenoxy) is 1. The van der Waals surface area contributed by atoms with Gasteiger partial charge in [-0.25, -0.2) is 4.39 Å². The molecule has 0 aliphatic heterocycles. The van der Waals surface area contributed by atoms with Gasteiger partial charge in [0, 0.05) is 4.47 Å². The molecule has 7 heteroatoms. The summed E-state index contributed by atoms with van der Waals surface area (Å²) >= 11 is 3.11. The highest BCUT2D eigenvalue weighted by atomic mass is 79.9. The summed E-state index contributed by atoms with van der Waals surface area (Å²) in [5.74, 6) is -1.40. The van der Waals surface area contributed by atoms with E-state index in [1.54, 1.807) is 13.0 Å². The van der Waals surface area contributed by atoms with E-state index in [0.717, 1.165) is 11.1 Å². The molecule has 0 fully saturated rings. The Kier molecular flexibility index (Phi) is 6.14. The number of nitrogens with one attached hydrogen (secondary N) is 2. The second kappa shape index (κ2) is 8.11. The smallest absolute Gasteiger partial charge is 0.279 e. The highest BCUT2D eigenvalue weighted by molar-refractivity contribution is 9.10. The summed E-state index contributed by atoms with van der Waals surface area (Å²) in [7, 11) is 0. The molecule has 0 aliphatic rings. The van der Waals surface area contributed by atoms with E-state index in [0.29, 0.717) is 10.2 Å². The summed E-state index contributed by atoms with van der Waals surface area (Å²) < 4.78 is 19.9. The van der Waals surface area contributed by atoms with Gasteiger partial charge < -0.3 is 4.74 Å². The van der Waals surface area contributed by atoms with Crippen molar-refractivity contribution < 1.29 is 18.7 Å². The van der Waals surface area contributed by atoms with E-state index >= 15 is 0 Å². The zero-order valence-electron chi connectivity index (χ0n) is 14.0. The molecule has 0 aromatic heterocycles. The SMILES string of the molecule is Cc1cccc(O[C@H](C)C(=O)NNC(=O)c2ccc(Br)cc2F)c1C. The van der Waals surface area contributed by atoms with Crippen LogP contribution in [0.3, 0.4) is 0 Å². The second-order valence-electron chi connectivity index (χ2n) is 5.53. The predicted octanol–water partition coefficient (Wildman–Crippen LogP) is 3.43. The first-order valence-electron chi connectivity index (χ1n) is 7.57. The number of halogens is 2. The molecule has 2 rings (SSSR count). The van der Waals surface area contributed by atoms with Crippen LogP contribution in [0, 0.1) is 19.7 Å². The molecule has 2 aromatic rings. The van der Waals surface area contributed by atoms with Gasteiger partial charge in [-0.15, -0.1) is 0 Å². The summed E-state index contributed by atoms with van der Waals surface area (Å²) in [6.45, 7) is 5.40. The molecule has 0 unspecified atom stereocenters. The normalized spacial score (nSPS) is 11.6. The minimum absolute atomic E-state index is 0.174. The van der Waals surface area contributed by atoms with Crippen molar-refractivity contribution >= 4 is 27.7 Å². The molecule has 0 heterocycles. The maximum absolute atomic E-state index is 13.7. The highest BCUT2D eigenvalue weighted by Gasteiger charge is 2.18. The predicted molar refractivity (Wildman–Crippen MR) is 95.7 cm³/mol. The van der Waals surface area contributed by atoms with Gasteiger partial charge in [0.25, 0.3) is 11.8 Å². The number of amides is 2. The number of aryl methyl sites for hydroxylation is 1. The molecule has 0 radical (unpaired) electrons. The largest absolute Gasteiger partial charge is 0.481 e. The number of benzene rings is 2. The Morgan fingerprint density at radius 3 is 2.56 bits per heavy atom. The molecule has 5 nitrogen and oxygen atoms in total. The first-order valence-corrected chi connectivity index (χ1v) is 8.37. The topological polar surface area (TPSA) is 67.4 Å². The van der Waals surface area contributed by atoms with Crippen molar-refractivity contribution in [3.63, 3.8) is 0 Å². The van der Waals surface area contributed by atoms with Gasteiger partial charge in [0.15, 0.2) is 6.10 Å². The molecule has 1 atom stereocenters. The summed E-state index contributed by atoms with van der Waals surface area (Å²) in [6.07, 6.45) is -0.837. The number of carbonyl (C=O) groups excluding carboxylic acids is 2. The minimum atomic E-state index is -0.837. The van der Waals surface area contributed by atoms with Gasteiger partial charge in [-0.1, -0.05) is 28.1 Å². The van der Waals surface area contributed by atoms with Gasteiger partial charge in [-0.3, -0.25) is 20.4 Å². The van der Waals surface area contributed by atoms with Crippen LogP contribution in [-0.2, 0) is 4.79 Å². The standard InChI is InChI=1S/C18H18BrFN2O3/c1-10-5-4-6-16(11(10)2)25-12(3)17(23)21-22-18(24)14-8-7-13(19)9-15(14)20/h4-9,12H,1-3H3,(H,21,23)(H,22,24)/t12-/m1/s1. The van der Waals surface area contributed by atoms with E-state index in [-0.39, 0.29) is 5.56 Å². The van der Waals surface area contributed by atoms with Crippen molar-refractivity contribution in [3.8, 4) is 5.75 Å². The fourth-order valence-electron chi connectivity index (χ4n) is 2.06. The van der Waals surface area contributed by atoms with Gasteiger partial charge in [0.05, 0.1) is 5.56 Å². The van der Waals surface area contributed by atoms with Crippen LogP contribution in [0.25, 0.3) is 0 Å². The lowest BCUT2D eigenvalue weighted by atomic mass is 10.1.